The first-order chi connectivity index (χ1) is 9.19. The van der Waals surface area contributed by atoms with Crippen LogP contribution in [0.25, 0.3) is 0 Å². The molecule has 0 aliphatic rings. The maximum absolute atomic E-state index is 13.3. The third kappa shape index (κ3) is 3.94. The van der Waals surface area contributed by atoms with Gasteiger partial charge in [0, 0.05) is 5.02 Å². The van der Waals surface area contributed by atoms with Crippen molar-refractivity contribution in [1.82, 2.24) is 5.32 Å². The van der Waals surface area contributed by atoms with Gasteiger partial charge in [0.15, 0.2) is 0 Å². The summed E-state index contributed by atoms with van der Waals surface area (Å²) in [7, 11) is 1.86. The van der Waals surface area contributed by atoms with Crippen LogP contribution in [0.15, 0.2) is 42.5 Å². The second-order valence-corrected chi connectivity index (χ2v) is 4.60. The van der Waals surface area contributed by atoms with Gasteiger partial charge in [0.1, 0.15) is 17.3 Å². The first-order valence-electron chi connectivity index (χ1n) is 6.05. The maximum atomic E-state index is 13.3. The minimum atomic E-state index is -0.255. The van der Waals surface area contributed by atoms with Crippen molar-refractivity contribution in [2.75, 3.05) is 13.6 Å². The number of ether oxygens (including phenoxy) is 1. The van der Waals surface area contributed by atoms with Crippen molar-refractivity contribution >= 4 is 11.6 Å². The fraction of sp³-hybridized carbons (Fsp3) is 0.200. The van der Waals surface area contributed by atoms with Gasteiger partial charge in [-0.1, -0.05) is 11.6 Å². The predicted octanol–water partition coefficient (Wildman–Crippen LogP) is 4.03. The average molecular weight is 280 g/mol. The van der Waals surface area contributed by atoms with Gasteiger partial charge < -0.3 is 10.1 Å². The van der Waals surface area contributed by atoms with E-state index in [1.165, 1.54) is 12.1 Å². The molecule has 1 N–H and O–H groups in total. The highest BCUT2D eigenvalue weighted by atomic mass is 35.5. The van der Waals surface area contributed by atoms with Crippen molar-refractivity contribution in [3.8, 4) is 11.5 Å². The van der Waals surface area contributed by atoms with E-state index < -0.39 is 0 Å². The zero-order valence-corrected chi connectivity index (χ0v) is 11.4. The highest BCUT2D eigenvalue weighted by molar-refractivity contribution is 6.30. The molecule has 0 atom stereocenters. The Morgan fingerprint density at radius 3 is 2.58 bits per heavy atom. The highest BCUT2D eigenvalue weighted by Gasteiger charge is 2.06. The van der Waals surface area contributed by atoms with Crippen molar-refractivity contribution in [2.24, 2.45) is 0 Å². The van der Waals surface area contributed by atoms with Crippen LogP contribution in [-0.2, 0) is 6.42 Å². The highest BCUT2D eigenvalue weighted by Crippen LogP contribution is 2.27. The lowest BCUT2D eigenvalue weighted by Crippen LogP contribution is -2.11. The lowest BCUT2D eigenvalue weighted by molar-refractivity contribution is 0.473. The summed E-state index contributed by atoms with van der Waals surface area (Å²) in [5.74, 6) is 1.09. The van der Waals surface area contributed by atoms with Crippen molar-refractivity contribution in [1.29, 1.82) is 0 Å². The number of halogens is 2. The van der Waals surface area contributed by atoms with Crippen LogP contribution in [0.1, 0.15) is 5.56 Å². The zero-order valence-electron chi connectivity index (χ0n) is 10.6. The number of rotatable bonds is 5. The Labute approximate surface area is 117 Å². The van der Waals surface area contributed by atoms with Crippen LogP contribution in [0, 0.1) is 5.82 Å². The van der Waals surface area contributed by atoms with E-state index in [0.29, 0.717) is 22.9 Å². The number of benzene rings is 2. The Morgan fingerprint density at radius 1 is 1.16 bits per heavy atom. The topological polar surface area (TPSA) is 21.3 Å². The summed E-state index contributed by atoms with van der Waals surface area (Å²) < 4.78 is 19.0. The number of hydrogen-bond acceptors (Lipinski definition) is 2. The molecule has 0 radical (unpaired) electrons. The Balaban J connectivity index is 2.20. The number of hydrogen-bond donors (Lipinski definition) is 1. The maximum Gasteiger partial charge on any atom is 0.130 e. The molecule has 0 amide bonds. The Morgan fingerprint density at radius 2 is 1.89 bits per heavy atom. The molecule has 0 aromatic heterocycles. The molecule has 4 heteroatoms. The molecule has 0 aliphatic heterocycles. The Bertz CT molecular complexity index is 542. The summed E-state index contributed by atoms with van der Waals surface area (Å²) >= 11 is 5.82. The van der Waals surface area contributed by atoms with Gasteiger partial charge in [-0.25, -0.2) is 4.39 Å². The van der Waals surface area contributed by atoms with Gasteiger partial charge in [0.2, 0.25) is 0 Å². The number of nitrogens with one attached hydrogen (secondary N) is 1. The van der Waals surface area contributed by atoms with E-state index in [1.807, 2.05) is 7.05 Å². The van der Waals surface area contributed by atoms with Crippen LogP contribution in [0.4, 0.5) is 4.39 Å². The van der Waals surface area contributed by atoms with Crippen LogP contribution in [0.3, 0.4) is 0 Å². The summed E-state index contributed by atoms with van der Waals surface area (Å²) in [4.78, 5) is 0. The summed E-state index contributed by atoms with van der Waals surface area (Å²) in [6.45, 7) is 0.764. The van der Waals surface area contributed by atoms with E-state index in [-0.39, 0.29) is 5.82 Å². The number of likely N-dealkylation sites (N-methyl/N-ethyl adjacent to an activating group) is 1. The molecule has 0 spiro atoms. The Hall–Kier alpha value is -1.58. The quantitative estimate of drug-likeness (QED) is 0.892. The minimum absolute atomic E-state index is 0.255. The van der Waals surface area contributed by atoms with Crippen molar-refractivity contribution < 1.29 is 9.13 Å². The monoisotopic (exact) mass is 279 g/mol. The van der Waals surface area contributed by atoms with Gasteiger partial charge in [-0.15, -0.1) is 0 Å². The molecular weight excluding hydrogens is 265 g/mol. The molecule has 0 unspecified atom stereocenters. The second-order valence-electron chi connectivity index (χ2n) is 4.16. The molecule has 100 valence electrons. The molecule has 2 aromatic rings. The van der Waals surface area contributed by atoms with E-state index in [1.54, 1.807) is 30.3 Å². The predicted molar refractivity (Wildman–Crippen MR) is 75.6 cm³/mol. The zero-order chi connectivity index (χ0) is 13.7. The lowest BCUT2D eigenvalue weighted by atomic mass is 10.1. The van der Waals surface area contributed by atoms with Gasteiger partial charge >= 0.3 is 0 Å². The molecule has 2 nitrogen and oxygen atoms in total. The van der Waals surface area contributed by atoms with Gasteiger partial charge in [-0.2, -0.15) is 0 Å². The van der Waals surface area contributed by atoms with E-state index in [4.69, 9.17) is 16.3 Å². The average Bonchev–Trinajstić information content (AvgIpc) is 2.41. The standard InChI is InChI=1S/C15H15ClFNO/c1-18-9-8-11-10-13(17)4-7-15(11)19-14-5-2-12(16)3-6-14/h2-7,10,18H,8-9H2,1H3. The normalized spacial score (nSPS) is 10.5. The van der Waals surface area contributed by atoms with Crippen LogP contribution < -0.4 is 10.1 Å². The molecule has 2 rings (SSSR count). The minimum Gasteiger partial charge on any atom is -0.457 e. The molecule has 0 bridgehead atoms. The molecule has 0 saturated heterocycles. The van der Waals surface area contributed by atoms with Crippen molar-refractivity contribution in [3.63, 3.8) is 0 Å². The molecule has 19 heavy (non-hydrogen) atoms. The van der Waals surface area contributed by atoms with Gasteiger partial charge in [-0.3, -0.25) is 0 Å². The van der Waals surface area contributed by atoms with E-state index >= 15 is 0 Å². The molecule has 0 fully saturated rings. The van der Waals surface area contributed by atoms with Crippen molar-refractivity contribution in [2.45, 2.75) is 6.42 Å². The van der Waals surface area contributed by atoms with Crippen LogP contribution in [-0.4, -0.2) is 13.6 Å². The van der Waals surface area contributed by atoms with Crippen molar-refractivity contribution in [3.05, 3.63) is 58.9 Å². The SMILES string of the molecule is CNCCc1cc(F)ccc1Oc1ccc(Cl)cc1. The lowest BCUT2D eigenvalue weighted by Gasteiger charge is -2.11. The second kappa shape index (κ2) is 6.55. The smallest absolute Gasteiger partial charge is 0.130 e. The van der Waals surface area contributed by atoms with E-state index in [9.17, 15) is 4.39 Å². The van der Waals surface area contributed by atoms with Crippen LogP contribution >= 0.6 is 11.6 Å². The molecule has 2 aromatic carbocycles. The fourth-order valence-electron chi connectivity index (χ4n) is 1.73. The molecule has 0 saturated carbocycles. The van der Waals surface area contributed by atoms with Gasteiger partial charge in [0.05, 0.1) is 0 Å². The van der Waals surface area contributed by atoms with Crippen LogP contribution in [0.5, 0.6) is 11.5 Å². The van der Waals surface area contributed by atoms with E-state index in [0.717, 1.165) is 12.1 Å². The first-order valence-corrected chi connectivity index (χ1v) is 6.43. The van der Waals surface area contributed by atoms with Gasteiger partial charge in [-0.05, 0) is 68.0 Å². The largest absolute Gasteiger partial charge is 0.457 e. The molecule has 0 aliphatic carbocycles. The van der Waals surface area contributed by atoms with Crippen LogP contribution in [0.2, 0.25) is 5.02 Å². The third-order valence-electron chi connectivity index (χ3n) is 2.71. The fourth-order valence-corrected chi connectivity index (χ4v) is 1.86. The van der Waals surface area contributed by atoms with Gasteiger partial charge in [0.25, 0.3) is 0 Å². The first kappa shape index (κ1) is 13.8. The Kier molecular flexibility index (Phi) is 4.77. The summed E-state index contributed by atoms with van der Waals surface area (Å²) in [6.07, 6.45) is 0.706. The third-order valence-corrected chi connectivity index (χ3v) is 2.96. The van der Waals surface area contributed by atoms with E-state index in [2.05, 4.69) is 5.32 Å². The summed E-state index contributed by atoms with van der Waals surface area (Å²) in [5.41, 5.74) is 0.837. The summed E-state index contributed by atoms with van der Waals surface area (Å²) in [6, 6.07) is 11.6. The summed E-state index contributed by atoms with van der Waals surface area (Å²) in [5, 5.41) is 3.69. The molecular formula is C15H15ClFNO. The molecule has 0 heterocycles.